The van der Waals surface area contributed by atoms with Gasteiger partial charge in [-0.25, -0.2) is 13.6 Å². The molecule has 0 aromatic heterocycles. The molecule has 3 aromatic carbocycles. The SMILES string of the molecule is C=C1NC(=O)N(c2cc(Cl)c(Oc3ccc4c(c3)CCN(Cc3cc(F)cc(F)c3)C4=O)c(Cl)c2)N=C1C#N. The third kappa shape index (κ3) is 5.27. The van der Waals surface area contributed by atoms with Gasteiger partial charge in [0.2, 0.25) is 0 Å². The maximum atomic E-state index is 13.6. The number of nitriles is 1. The molecule has 5 rings (SSSR count). The molecule has 39 heavy (non-hydrogen) atoms. The maximum Gasteiger partial charge on any atom is 0.347 e. The van der Waals surface area contributed by atoms with Crippen molar-refractivity contribution in [2.75, 3.05) is 11.6 Å². The van der Waals surface area contributed by atoms with Crippen LogP contribution in [-0.4, -0.2) is 29.1 Å². The first-order valence-corrected chi connectivity index (χ1v) is 12.2. The molecular formula is C27H17Cl2F2N5O3. The highest BCUT2D eigenvalue weighted by molar-refractivity contribution is 6.37. The summed E-state index contributed by atoms with van der Waals surface area (Å²) in [5.41, 5.74) is 1.73. The van der Waals surface area contributed by atoms with Gasteiger partial charge in [-0.05, 0) is 60.0 Å². The molecule has 0 atom stereocenters. The van der Waals surface area contributed by atoms with Crippen LogP contribution in [-0.2, 0) is 13.0 Å². The predicted molar refractivity (Wildman–Crippen MR) is 141 cm³/mol. The van der Waals surface area contributed by atoms with Gasteiger partial charge >= 0.3 is 6.03 Å². The number of fused-ring (bicyclic) bond motifs is 1. The molecule has 1 N–H and O–H groups in total. The molecule has 12 heteroatoms. The quantitative estimate of drug-likeness (QED) is 0.397. The van der Waals surface area contributed by atoms with Crippen molar-refractivity contribution in [1.82, 2.24) is 10.2 Å². The largest absolute Gasteiger partial charge is 0.454 e. The molecular weight excluding hydrogens is 551 g/mol. The van der Waals surface area contributed by atoms with Crippen molar-refractivity contribution in [1.29, 1.82) is 5.26 Å². The number of rotatable bonds is 5. The topological polar surface area (TPSA) is 98.0 Å². The molecule has 3 aromatic rings. The van der Waals surface area contributed by atoms with Crippen molar-refractivity contribution in [3.8, 4) is 17.6 Å². The number of urea groups is 1. The molecule has 0 spiro atoms. The minimum atomic E-state index is -0.702. The van der Waals surface area contributed by atoms with Crippen LogP contribution >= 0.6 is 23.2 Å². The Morgan fingerprint density at radius 3 is 2.44 bits per heavy atom. The summed E-state index contributed by atoms with van der Waals surface area (Å²) < 4.78 is 33.0. The molecule has 0 unspecified atom stereocenters. The molecule has 0 radical (unpaired) electrons. The number of amides is 3. The Morgan fingerprint density at radius 1 is 1.08 bits per heavy atom. The first-order valence-electron chi connectivity index (χ1n) is 11.5. The van der Waals surface area contributed by atoms with Crippen molar-refractivity contribution >= 4 is 46.5 Å². The number of hydrogen-bond donors (Lipinski definition) is 1. The number of carbonyl (C=O) groups is 2. The Kier molecular flexibility index (Phi) is 6.95. The third-order valence-electron chi connectivity index (χ3n) is 6.03. The first-order chi connectivity index (χ1) is 18.6. The summed E-state index contributed by atoms with van der Waals surface area (Å²) in [4.78, 5) is 26.9. The predicted octanol–water partition coefficient (Wildman–Crippen LogP) is 6.19. The van der Waals surface area contributed by atoms with E-state index in [0.717, 1.165) is 16.6 Å². The minimum absolute atomic E-state index is 0.0747. The number of allylic oxidation sites excluding steroid dienone is 1. The fourth-order valence-electron chi connectivity index (χ4n) is 4.25. The highest BCUT2D eigenvalue weighted by Crippen LogP contribution is 2.41. The summed E-state index contributed by atoms with van der Waals surface area (Å²) in [6.45, 7) is 3.99. The lowest BCUT2D eigenvalue weighted by Gasteiger charge is -2.29. The van der Waals surface area contributed by atoms with Crippen LogP contribution < -0.4 is 15.1 Å². The van der Waals surface area contributed by atoms with Gasteiger partial charge in [0.05, 0.1) is 21.4 Å². The highest BCUT2D eigenvalue weighted by atomic mass is 35.5. The second kappa shape index (κ2) is 10.4. The zero-order chi connectivity index (χ0) is 27.8. The molecule has 2 aliphatic heterocycles. The van der Waals surface area contributed by atoms with Crippen LogP contribution in [0.15, 0.2) is 65.9 Å². The molecule has 2 aliphatic rings. The number of carbonyl (C=O) groups excluding carboxylic acids is 2. The van der Waals surface area contributed by atoms with E-state index in [0.29, 0.717) is 29.8 Å². The molecule has 3 amide bonds. The second-order valence-corrected chi connectivity index (χ2v) is 9.51. The Balaban J connectivity index is 1.35. The van der Waals surface area contributed by atoms with Gasteiger partial charge < -0.3 is 15.0 Å². The van der Waals surface area contributed by atoms with Crippen LogP contribution in [0.4, 0.5) is 19.3 Å². The van der Waals surface area contributed by atoms with E-state index in [9.17, 15) is 23.6 Å². The summed E-state index contributed by atoms with van der Waals surface area (Å²) in [6, 6.07) is 12.1. The second-order valence-electron chi connectivity index (χ2n) is 8.69. The lowest BCUT2D eigenvalue weighted by molar-refractivity contribution is 0.0726. The van der Waals surface area contributed by atoms with E-state index in [2.05, 4.69) is 17.0 Å². The van der Waals surface area contributed by atoms with Gasteiger partial charge in [-0.2, -0.15) is 15.4 Å². The van der Waals surface area contributed by atoms with Gasteiger partial charge in [-0.3, -0.25) is 4.79 Å². The molecule has 0 saturated heterocycles. The number of halogens is 4. The Bertz CT molecular complexity index is 1590. The van der Waals surface area contributed by atoms with Crippen LogP contribution in [0.1, 0.15) is 21.5 Å². The smallest absolute Gasteiger partial charge is 0.347 e. The van der Waals surface area contributed by atoms with E-state index in [4.69, 9.17) is 27.9 Å². The number of nitrogens with zero attached hydrogens (tertiary/aromatic N) is 4. The van der Waals surface area contributed by atoms with Crippen molar-refractivity contribution in [3.05, 3.63) is 99.2 Å². The number of ether oxygens (including phenoxy) is 1. The van der Waals surface area contributed by atoms with E-state index < -0.39 is 17.7 Å². The summed E-state index contributed by atoms with van der Waals surface area (Å²) in [5.74, 6) is -1.19. The number of nitrogens with one attached hydrogen (secondary N) is 1. The fourth-order valence-corrected chi connectivity index (χ4v) is 4.80. The minimum Gasteiger partial charge on any atom is -0.454 e. The van der Waals surface area contributed by atoms with E-state index >= 15 is 0 Å². The average molecular weight is 568 g/mol. The summed E-state index contributed by atoms with van der Waals surface area (Å²) in [6.07, 6.45) is 0.491. The van der Waals surface area contributed by atoms with Gasteiger partial charge in [0.15, 0.2) is 11.5 Å². The first kappa shape index (κ1) is 26.2. The molecule has 0 fully saturated rings. The molecule has 196 valence electrons. The maximum absolute atomic E-state index is 13.6. The Morgan fingerprint density at radius 2 is 1.77 bits per heavy atom. The van der Waals surface area contributed by atoms with Crippen LogP contribution in [0, 0.1) is 23.0 Å². The van der Waals surface area contributed by atoms with Crippen molar-refractivity contribution in [2.24, 2.45) is 5.10 Å². The Hall–Kier alpha value is -4.46. The molecule has 0 bridgehead atoms. The highest BCUT2D eigenvalue weighted by Gasteiger charge is 2.27. The van der Waals surface area contributed by atoms with Crippen LogP contribution in [0.2, 0.25) is 10.0 Å². The van der Waals surface area contributed by atoms with E-state index in [-0.39, 0.29) is 45.3 Å². The third-order valence-corrected chi connectivity index (χ3v) is 6.59. The fraction of sp³-hybridized carbons (Fsp3) is 0.111. The van der Waals surface area contributed by atoms with Crippen LogP contribution in [0.3, 0.4) is 0 Å². The van der Waals surface area contributed by atoms with E-state index in [1.165, 1.54) is 29.2 Å². The lowest BCUT2D eigenvalue weighted by atomic mass is 9.98. The lowest BCUT2D eigenvalue weighted by Crippen LogP contribution is -2.42. The summed E-state index contributed by atoms with van der Waals surface area (Å²) in [7, 11) is 0. The summed E-state index contributed by atoms with van der Waals surface area (Å²) >= 11 is 12.8. The number of benzene rings is 3. The van der Waals surface area contributed by atoms with Crippen LogP contribution in [0.25, 0.3) is 0 Å². The van der Waals surface area contributed by atoms with E-state index in [1.807, 2.05) is 6.07 Å². The monoisotopic (exact) mass is 567 g/mol. The standard InChI is InChI=1S/C27H17Cl2F2N5O3/c1-14-24(12-32)34-36(27(38)33-14)19-10-22(28)25(23(29)11-19)39-20-2-3-21-16(8-20)4-5-35(26(21)37)13-15-6-17(30)9-18(31)7-15/h2-3,6-11H,1,4-5,13H2,(H,33,38). The molecule has 0 saturated carbocycles. The zero-order valence-corrected chi connectivity index (χ0v) is 21.5. The molecule has 8 nitrogen and oxygen atoms in total. The van der Waals surface area contributed by atoms with Gasteiger partial charge in [0.1, 0.15) is 23.5 Å². The van der Waals surface area contributed by atoms with E-state index in [1.54, 1.807) is 18.2 Å². The van der Waals surface area contributed by atoms with Crippen molar-refractivity contribution in [2.45, 2.75) is 13.0 Å². The molecule has 0 aliphatic carbocycles. The zero-order valence-electron chi connectivity index (χ0n) is 20.0. The normalized spacial score (nSPS) is 14.9. The van der Waals surface area contributed by atoms with Crippen molar-refractivity contribution in [3.63, 3.8) is 0 Å². The molecule has 2 heterocycles. The Labute approximate surface area is 231 Å². The van der Waals surface area contributed by atoms with Gasteiger partial charge in [-0.1, -0.05) is 29.8 Å². The average Bonchev–Trinajstić information content (AvgIpc) is 2.87. The number of hydrazone groups is 1. The van der Waals surface area contributed by atoms with Gasteiger partial charge in [0.25, 0.3) is 5.91 Å². The van der Waals surface area contributed by atoms with Gasteiger partial charge in [-0.15, -0.1) is 0 Å². The van der Waals surface area contributed by atoms with Gasteiger partial charge in [0, 0.05) is 24.7 Å². The van der Waals surface area contributed by atoms with Crippen LogP contribution in [0.5, 0.6) is 11.5 Å². The summed E-state index contributed by atoms with van der Waals surface area (Å²) in [5, 5.41) is 16.7. The number of hydrogen-bond acceptors (Lipinski definition) is 5. The number of anilines is 1. The van der Waals surface area contributed by atoms with Crippen molar-refractivity contribution < 1.29 is 23.1 Å².